The summed E-state index contributed by atoms with van der Waals surface area (Å²) in [6, 6.07) is 101. The van der Waals surface area contributed by atoms with Crippen LogP contribution >= 0.6 is 0 Å². The summed E-state index contributed by atoms with van der Waals surface area (Å²) < 4.78 is 4.96. The topological polar surface area (TPSA) is 60.6 Å². The van der Waals surface area contributed by atoms with Gasteiger partial charge >= 0.3 is 270 Å². The molecule has 90 heavy (non-hydrogen) atoms. The monoisotopic (exact) mass is 1150 g/mol. The van der Waals surface area contributed by atoms with Crippen LogP contribution < -0.4 is 5.32 Å². The maximum atomic E-state index is 5.40. The SMILES string of the molecule is CCC1C(c2ccccc2)=CCC(c2ccc3c(c2)C2(c4cc(-c5nc(-c6ccccc6)nc(-c6ccccc6)n5)ccc4-3)c3cc(-n4c5cbccc5c5ccccc54)ccc3-c3ccc(-n4c5ccccc5c5ccccc54)cc32)NC1c1ccccc1. The predicted molar refractivity (Wildman–Crippen MR) is 370 cm³/mol. The molecule has 0 saturated carbocycles. The molecule has 6 nitrogen and oxygen atoms in total. The molecular formula is C83H59BN6. The normalized spacial score (nSPS) is 17.3. The Morgan fingerprint density at radius 1 is 0.411 bits per heavy atom. The van der Waals surface area contributed by atoms with Gasteiger partial charge in [-0.2, -0.15) is 0 Å². The van der Waals surface area contributed by atoms with Crippen molar-refractivity contribution in [3.8, 4) is 67.8 Å². The molecule has 5 heterocycles. The molecule has 18 rings (SSSR count). The number of hydrogen-bond donors (Lipinski definition) is 1. The van der Waals surface area contributed by atoms with Crippen molar-refractivity contribution in [2.45, 2.75) is 37.3 Å². The minimum Gasteiger partial charge on any atom is -0.0622 e. The molecule has 4 unspecified atom stereocenters. The molecule has 11 aromatic carbocycles. The van der Waals surface area contributed by atoms with Gasteiger partial charge in [-0.25, -0.2) is 4.98 Å². The molecule has 0 amide bonds. The number of nitrogens with zero attached hydrogens (tertiary/aromatic N) is 5. The molecule has 424 valence electrons. The second kappa shape index (κ2) is 20.9. The average Bonchev–Trinajstić information content (AvgIpc) is 1.51. The molecule has 0 bridgehead atoms. The summed E-state index contributed by atoms with van der Waals surface area (Å²) >= 11 is 0. The van der Waals surface area contributed by atoms with Crippen LogP contribution in [0.15, 0.2) is 291 Å². The van der Waals surface area contributed by atoms with E-state index in [0.29, 0.717) is 17.5 Å². The Kier molecular flexibility index (Phi) is 12.1. The Labute approximate surface area is 523 Å². The summed E-state index contributed by atoms with van der Waals surface area (Å²) in [4.78, 5) is 16.0. The summed E-state index contributed by atoms with van der Waals surface area (Å²) in [7, 11) is 0. The number of rotatable bonds is 9. The van der Waals surface area contributed by atoms with E-state index in [1.165, 1.54) is 110 Å². The minimum atomic E-state index is -0.844. The Morgan fingerprint density at radius 2 is 0.856 bits per heavy atom. The van der Waals surface area contributed by atoms with Crippen LogP contribution in [0.25, 0.3) is 117 Å². The predicted octanol–water partition coefficient (Wildman–Crippen LogP) is 19.6. The summed E-state index contributed by atoms with van der Waals surface area (Å²) in [5.74, 6) is 6.56. The van der Waals surface area contributed by atoms with Crippen molar-refractivity contribution in [2.75, 3.05) is 0 Å². The van der Waals surface area contributed by atoms with Crippen molar-refractivity contribution in [2.24, 2.45) is 5.92 Å². The molecule has 3 aliphatic rings. The molecule has 0 saturated heterocycles. The summed E-state index contributed by atoms with van der Waals surface area (Å²) in [5.41, 5.74) is 23.9. The van der Waals surface area contributed by atoms with E-state index in [9.17, 15) is 0 Å². The summed E-state index contributed by atoms with van der Waals surface area (Å²) in [5, 5.41) is 9.31. The number of para-hydroxylation sites is 3. The van der Waals surface area contributed by atoms with Gasteiger partial charge in [-0.1, -0.05) is 171 Å². The molecule has 0 radical (unpaired) electrons. The van der Waals surface area contributed by atoms with E-state index in [1.807, 2.05) is 12.1 Å². The van der Waals surface area contributed by atoms with E-state index < -0.39 is 5.41 Å². The Balaban J connectivity index is 0.929. The van der Waals surface area contributed by atoms with Gasteiger partial charge in [-0.3, -0.25) is 0 Å². The molecule has 1 spiro atoms. The Hall–Kier alpha value is -10.9. The molecule has 4 atom stereocenters. The van der Waals surface area contributed by atoms with E-state index in [1.54, 1.807) is 0 Å². The third-order valence-electron chi connectivity index (χ3n) is 19.8. The average molecular weight is 1150 g/mol. The quantitative estimate of drug-likeness (QED) is 0.156. The first-order valence-electron chi connectivity index (χ1n) is 31.6. The molecule has 2 aliphatic carbocycles. The maximum absolute atomic E-state index is 5.40. The van der Waals surface area contributed by atoms with Crippen LogP contribution in [0.5, 0.6) is 0 Å². The zero-order chi connectivity index (χ0) is 59.4. The molecule has 4 aromatic heterocycles. The molecular weight excluding hydrogens is 1090 g/mol. The molecule has 1 N–H and O–H groups in total. The van der Waals surface area contributed by atoms with Gasteiger partial charge in [0, 0.05) is 33.9 Å². The van der Waals surface area contributed by atoms with Crippen LogP contribution in [-0.2, 0) is 5.41 Å². The fraction of sp³-hybridized carbons (Fsp3) is 0.0843. The van der Waals surface area contributed by atoms with Crippen LogP contribution in [-0.4, -0.2) is 31.0 Å². The third kappa shape index (κ3) is 8.02. The van der Waals surface area contributed by atoms with Crippen molar-refractivity contribution in [1.82, 2.24) is 29.4 Å². The number of aromatic nitrogens is 5. The van der Waals surface area contributed by atoms with Gasteiger partial charge in [0.05, 0.1) is 0 Å². The van der Waals surface area contributed by atoms with Crippen molar-refractivity contribution < 1.29 is 0 Å². The summed E-state index contributed by atoms with van der Waals surface area (Å²) in [6.07, 6.45) is 4.36. The fourth-order valence-corrected chi connectivity index (χ4v) is 15.8. The number of hydrogen-bond acceptors (Lipinski definition) is 4. The van der Waals surface area contributed by atoms with E-state index in [2.05, 4.69) is 307 Å². The molecule has 1 aliphatic heterocycles. The zero-order valence-electron chi connectivity index (χ0n) is 49.7. The van der Waals surface area contributed by atoms with Crippen molar-refractivity contribution >= 4 is 56.1 Å². The summed E-state index contributed by atoms with van der Waals surface area (Å²) in [6.45, 7) is 4.52. The standard InChI is InChI=1S/C83H59BN6/c1-2-60-61(52-21-7-3-8-22-52)43-44-74(85-79(60)53-23-9-4-10-24-53)56-35-39-62-63-40-36-57(82-87-80(54-25-11-5-12-26-54)86-81(88-82)55-27-13-6-14-28-55)48-71(63)83(70(62)47-56)72-49-58(89-75-32-18-15-29-66(75)67-30-16-19-33-76(67)89)37-41-64(72)65-42-38-59(50-73(65)83)90-77-34-20-17-31-68(77)69-45-46-84-51-78(69)90/h3-43,45-51,60,74,79,85H,2,44H2,1H3. The number of benzene rings is 11. The van der Waals surface area contributed by atoms with Crippen LogP contribution in [0.3, 0.4) is 0 Å². The second-order valence-electron chi connectivity index (χ2n) is 24.4. The van der Waals surface area contributed by atoms with E-state index >= 15 is 0 Å². The zero-order valence-corrected chi connectivity index (χ0v) is 49.7. The van der Waals surface area contributed by atoms with E-state index in [-0.39, 0.29) is 18.0 Å². The van der Waals surface area contributed by atoms with Gasteiger partial charge in [0.25, 0.3) is 0 Å². The van der Waals surface area contributed by atoms with Crippen molar-refractivity contribution in [1.29, 1.82) is 0 Å². The Morgan fingerprint density at radius 3 is 1.41 bits per heavy atom. The van der Waals surface area contributed by atoms with Gasteiger partial charge in [-0.05, 0) is 35.3 Å². The molecule has 7 heteroatoms. The van der Waals surface area contributed by atoms with Crippen molar-refractivity contribution in [3.63, 3.8) is 0 Å². The number of nitrogens with one attached hydrogen (secondary N) is 1. The molecule has 0 fully saturated rings. The second-order valence-corrected chi connectivity index (χ2v) is 24.4. The van der Waals surface area contributed by atoms with Gasteiger partial charge in [0.15, 0.2) is 11.6 Å². The minimum absolute atomic E-state index is 0.0154. The first-order valence-corrected chi connectivity index (χ1v) is 31.6. The van der Waals surface area contributed by atoms with Gasteiger partial charge in [-0.15, -0.1) is 0 Å². The Bertz CT molecular complexity index is 5050. The van der Waals surface area contributed by atoms with Gasteiger partial charge in [0.2, 0.25) is 0 Å². The molecule has 15 aromatic rings. The fourth-order valence-electron chi connectivity index (χ4n) is 15.8. The van der Waals surface area contributed by atoms with E-state index in [0.717, 1.165) is 40.9 Å². The first-order chi connectivity index (χ1) is 44.6. The van der Waals surface area contributed by atoms with Gasteiger partial charge < -0.3 is 0 Å². The first kappa shape index (κ1) is 52.3. The third-order valence-corrected chi connectivity index (χ3v) is 19.8. The number of fused-ring (bicyclic) bond motifs is 16. The van der Waals surface area contributed by atoms with Crippen LogP contribution in [0.4, 0.5) is 0 Å². The smallest absolute Gasteiger partial charge is 0.0622 e. The van der Waals surface area contributed by atoms with Gasteiger partial charge in [0.1, 0.15) is 0 Å². The van der Waals surface area contributed by atoms with Crippen molar-refractivity contribution in [3.05, 3.63) is 330 Å². The van der Waals surface area contributed by atoms with Crippen LogP contribution in [0.1, 0.15) is 70.8 Å². The van der Waals surface area contributed by atoms with E-state index in [4.69, 9.17) is 15.0 Å². The van der Waals surface area contributed by atoms with Crippen LogP contribution in [0, 0.1) is 5.92 Å². The van der Waals surface area contributed by atoms with Crippen LogP contribution in [0.2, 0.25) is 0 Å².